The Morgan fingerprint density at radius 3 is 1.32 bits per heavy atom. The number of methoxy groups -OCH3 is 4. The predicted octanol–water partition coefficient (Wildman–Crippen LogP) is 4.98. The van der Waals surface area contributed by atoms with Crippen LogP contribution >= 0.6 is 0 Å². The van der Waals surface area contributed by atoms with Crippen LogP contribution in [0.4, 0.5) is 9.59 Å². The van der Waals surface area contributed by atoms with Crippen LogP contribution in [0.1, 0.15) is 63.3 Å². The van der Waals surface area contributed by atoms with Gasteiger partial charge in [0.25, 0.3) is 0 Å². The SMILES string of the molecule is COC(=O)N[C@H](C(=O)N1CCC[C@H]1c1ncc(-c2ccc(-c3ccc(-c4cnc([C@@H]5CCCN5C(=O)[C@@H](NC(=O)OC)[C@@H](C)OC)[nH]4)cc3)cc2)[nH]1)[C@@H](C)OC. The number of hydrogen-bond donors (Lipinski definition) is 4. The van der Waals surface area contributed by atoms with Crippen molar-refractivity contribution in [2.45, 2.75) is 75.9 Å². The molecule has 6 rings (SSSR count). The lowest BCUT2D eigenvalue weighted by atomic mass is 10.0. The van der Waals surface area contributed by atoms with E-state index in [1.54, 1.807) is 36.0 Å². The lowest BCUT2D eigenvalue weighted by Crippen LogP contribution is -2.54. The number of benzene rings is 2. The first-order valence-corrected chi connectivity index (χ1v) is 18.7. The number of alkyl carbamates (subject to hydrolysis) is 2. The highest BCUT2D eigenvalue weighted by atomic mass is 16.5. The Kier molecular flexibility index (Phi) is 12.7. The van der Waals surface area contributed by atoms with Crippen LogP contribution < -0.4 is 10.6 Å². The van der Waals surface area contributed by atoms with Crippen molar-refractivity contribution >= 4 is 24.0 Å². The lowest BCUT2D eigenvalue weighted by Gasteiger charge is -2.30. The van der Waals surface area contributed by atoms with Crippen molar-refractivity contribution in [2.75, 3.05) is 41.5 Å². The van der Waals surface area contributed by atoms with Crippen molar-refractivity contribution in [2.24, 2.45) is 0 Å². The van der Waals surface area contributed by atoms with Gasteiger partial charge in [-0.15, -0.1) is 0 Å². The van der Waals surface area contributed by atoms with E-state index in [1.807, 2.05) is 24.3 Å². The Bertz CT molecular complexity index is 1840. The number of aromatic nitrogens is 4. The number of hydrogen-bond acceptors (Lipinski definition) is 10. The maximum atomic E-state index is 13.6. The van der Waals surface area contributed by atoms with Gasteiger partial charge in [0.2, 0.25) is 11.8 Å². The molecule has 56 heavy (non-hydrogen) atoms. The Morgan fingerprint density at radius 2 is 0.982 bits per heavy atom. The van der Waals surface area contributed by atoms with E-state index in [1.165, 1.54) is 28.4 Å². The standard InChI is InChI=1S/C40H50N8O8/c1-23(53-3)33(45-39(51)55-5)37(49)47-19-7-9-31(47)35-41-21-29(43-35)27-15-11-25(12-16-27)26-13-17-28(18-14-26)30-22-42-36(44-30)32-10-8-20-48(32)38(50)34(24(2)54-4)46-40(52)56-6/h11-18,21-24,31-34H,7-10,19-20H2,1-6H3,(H,41,43)(H,42,44)(H,45,51)(H,46,52)/t23-,24-,31+,32+,33+,34+/m1/s1. The molecular weight excluding hydrogens is 720 g/mol. The second-order valence-corrected chi connectivity index (χ2v) is 14.0. The largest absolute Gasteiger partial charge is 0.453 e. The Balaban J connectivity index is 1.11. The topological polar surface area (TPSA) is 193 Å². The van der Waals surface area contributed by atoms with E-state index in [-0.39, 0.29) is 23.9 Å². The zero-order chi connectivity index (χ0) is 39.9. The maximum absolute atomic E-state index is 13.6. The van der Waals surface area contributed by atoms with Gasteiger partial charge in [-0.05, 0) is 61.8 Å². The van der Waals surface area contributed by atoms with Crippen LogP contribution in [0, 0.1) is 0 Å². The average molecular weight is 771 g/mol. The van der Waals surface area contributed by atoms with E-state index < -0.39 is 36.5 Å². The first-order valence-electron chi connectivity index (χ1n) is 18.7. The summed E-state index contributed by atoms with van der Waals surface area (Å²) < 4.78 is 20.3. The Morgan fingerprint density at radius 1 is 0.625 bits per heavy atom. The number of aromatic amines is 2. The van der Waals surface area contributed by atoms with Crippen molar-refractivity contribution < 1.29 is 38.1 Å². The van der Waals surface area contributed by atoms with Gasteiger partial charge in [-0.3, -0.25) is 9.59 Å². The van der Waals surface area contributed by atoms with Crippen molar-refractivity contribution in [3.05, 3.63) is 72.6 Å². The molecule has 6 atom stereocenters. The number of nitrogens with one attached hydrogen (secondary N) is 4. The average Bonchev–Trinajstić information content (AvgIpc) is 4.08. The van der Waals surface area contributed by atoms with E-state index in [0.717, 1.165) is 59.3 Å². The summed E-state index contributed by atoms with van der Waals surface area (Å²) in [4.78, 5) is 70.8. The number of amides is 4. The molecule has 2 saturated heterocycles. The highest BCUT2D eigenvalue weighted by Gasteiger charge is 2.40. The number of carbonyl (C=O) groups is 4. The third-order valence-electron chi connectivity index (χ3n) is 10.8. The van der Waals surface area contributed by atoms with Crippen molar-refractivity contribution in [1.82, 2.24) is 40.4 Å². The molecule has 2 aliphatic rings. The fourth-order valence-electron chi connectivity index (χ4n) is 7.38. The molecule has 16 heteroatoms. The minimum Gasteiger partial charge on any atom is -0.453 e. The van der Waals surface area contributed by atoms with Crippen LogP contribution in [0.5, 0.6) is 0 Å². The van der Waals surface area contributed by atoms with Gasteiger partial charge in [0.05, 0.1) is 62.3 Å². The molecule has 2 aromatic carbocycles. The molecule has 16 nitrogen and oxygen atoms in total. The fraction of sp³-hybridized carbons (Fsp3) is 0.450. The number of rotatable bonds is 13. The molecule has 4 heterocycles. The molecule has 0 unspecified atom stereocenters. The number of imidazole rings is 2. The molecule has 0 aliphatic carbocycles. The van der Waals surface area contributed by atoms with E-state index in [0.29, 0.717) is 24.7 Å². The first-order chi connectivity index (χ1) is 27.1. The van der Waals surface area contributed by atoms with Crippen molar-refractivity contribution in [3.8, 4) is 33.6 Å². The third kappa shape index (κ3) is 8.55. The van der Waals surface area contributed by atoms with Gasteiger partial charge in [0.15, 0.2) is 0 Å². The summed E-state index contributed by atoms with van der Waals surface area (Å²) in [6.45, 7) is 4.54. The van der Waals surface area contributed by atoms with E-state index in [4.69, 9.17) is 18.9 Å². The second kappa shape index (κ2) is 17.8. The summed E-state index contributed by atoms with van der Waals surface area (Å²) in [7, 11) is 5.50. The third-order valence-corrected chi connectivity index (χ3v) is 10.8. The van der Waals surface area contributed by atoms with Crippen LogP contribution in [0.3, 0.4) is 0 Å². The quantitative estimate of drug-likeness (QED) is 0.144. The summed E-state index contributed by atoms with van der Waals surface area (Å²) in [5.41, 5.74) is 5.64. The smallest absolute Gasteiger partial charge is 0.407 e. The maximum Gasteiger partial charge on any atom is 0.407 e. The molecule has 2 aliphatic heterocycles. The predicted molar refractivity (Wildman–Crippen MR) is 206 cm³/mol. The summed E-state index contributed by atoms with van der Waals surface area (Å²) in [6.07, 6.45) is 4.14. The molecule has 4 amide bonds. The molecule has 2 aromatic heterocycles. The molecule has 0 saturated carbocycles. The van der Waals surface area contributed by atoms with Gasteiger partial charge in [0, 0.05) is 27.3 Å². The molecule has 4 N–H and O–H groups in total. The number of nitrogens with zero attached hydrogens (tertiary/aromatic N) is 4. The van der Waals surface area contributed by atoms with Gasteiger partial charge >= 0.3 is 12.2 Å². The Labute approximate surface area is 325 Å². The van der Waals surface area contributed by atoms with Gasteiger partial charge in [-0.1, -0.05) is 48.5 Å². The minimum atomic E-state index is -0.899. The van der Waals surface area contributed by atoms with Crippen LogP contribution in [0.15, 0.2) is 60.9 Å². The second-order valence-electron chi connectivity index (χ2n) is 14.0. The van der Waals surface area contributed by atoms with Crippen LogP contribution in [0.25, 0.3) is 33.6 Å². The first kappa shape index (κ1) is 39.9. The molecular formula is C40H50N8O8. The molecule has 0 spiro atoms. The van der Waals surface area contributed by atoms with Crippen LogP contribution in [-0.4, -0.2) is 120 Å². The summed E-state index contributed by atoms with van der Waals surface area (Å²) in [5, 5.41) is 5.23. The zero-order valence-electron chi connectivity index (χ0n) is 32.5. The van der Waals surface area contributed by atoms with Crippen molar-refractivity contribution in [1.29, 1.82) is 0 Å². The summed E-state index contributed by atoms with van der Waals surface area (Å²) >= 11 is 0. The number of carbonyl (C=O) groups excluding carboxylic acids is 4. The Hall–Kier alpha value is -5.74. The molecule has 0 bridgehead atoms. The minimum absolute atomic E-state index is 0.251. The van der Waals surface area contributed by atoms with E-state index >= 15 is 0 Å². The van der Waals surface area contributed by atoms with Crippen molar-refractivity contribution in [3.63, 3.8) is 0 Å². The van der Waals surface area contributed by atoms with Gasteiger partial charge in [0.1, 0.15) is 23.7 Å². The van der Waals surface area contributed by atoms with Gasteiger partial charge < -0.3 is 49.3 Å². The van der Waals surface area contributed by atoms with Crippen LogP contribution in [0.2, 0.25) is 0 Å². The fourth-order valence-corrected chi connectivity index (χ4v) is 7.38. The van der Waals surface area contributed by atoms with E-state index in [2.05, 4.69) is 54.8 Å². The van der Waals surface area contributed by atoms with Gasteiger partial charge in [-0.25, -0.2) is 19.6 Å². The molecule has 2 fully saturated rings. The normalized spacial score (nSPS) is 18.9. The number of H-pyrrole nitrogens is 2. The highest BCUT2D eigenvalue weighted by Crippen LogP contribution is 2.35. The summed E-state index contributed by atoms with van der Waals surface area (Å²) in [6, 6.07) is 14.0. The molecule has 4 aromatic rings. The summed E-state index contributed by atoms with van der Waals surface area (Å²) in [5.74, 6) is 0.862. The van der Waals surface area contributed by atoms with Crippen LogP contribution in [-0.2, 0) is 28.5 Å². The monoisotopic (exact) mass is 770 g/mol. The lowest BCUT2D eigenvalue weighted by molar-refractivity contribution is -0.138. The molecule has 298 valence electrons. The number of ether oxygens (including phenoxy) is 4. The number of likely N-dealkylation sites (tertiary alicyclic amines) is 2. The zero-order valence-corrected chi connectivity index (χ0v) is 32.5. The molecule has 0 radical (unpaired) electrons. The van der Waals surface area contributed by atoms with E-state index in [9.17, 15) is 19.2 Å². The highest BCUT2D eigenvalue weighted by molar-refractivity contribution is 5.87. The van der Waals surface area contributed by atoms with Gasteiger partial charge in [-0.2, -0.15) is 0 Å².